The summed E-state index contributed by atoms with van der Waals surface area (Å²) in [6.07, 6.45) is 4.15. The van der Waals surface area contributed by atoms with Crippen molar-refractivity contribution >= 4 is 5.69 Å². The SMILES string of the molecule is CN1CCCCC12CN(c1ccc(C(C)(C)C)cc1)C2. The van der Waals surface area contributed by atoms with Crippen molar-refractivity contribution in [3.05, 3.63) is 29.8 Å². The summed E-state index contributed by atoms with van der Waals surface area (Å²) in [4.78, 5) is 5.13. The normalized spacial score (nSPS) is 22.9. The first-order valence-corrected chi connectivity index (χ1v) is 7.98. The molecule has 0 N–H and O–H groups in total. The summed E-state index contributed by atoms with van der Waals surface area (Å²) in [5.74, 6) is 0. The van der Waals surface area contributed by atoms with E-state index in [1.807, 2.05) is 0 Å². The van der Waals surface area contributed by atoms with E-state index in [1.165, 1.54) is 50.1 Å². The van der Waals surface area contributed by atoms with E-state index in [9.17, 15) is 0 Å². The molecule has 2 heteroatoms. The van der Waals surface area contributed by atoms with Crippen molar-refractivity contribution < 1.29 is 0 Å². The third kappa shape index (κ3) is 2.35. The average Bonchev–Trinajstić information content (AvgIpc) is 2.36. The molecule has 0 radical (unpaired) electrons. The van der Waals surface area contributed by atoms with Crippen molar-refractivity contribution in [3.8, 4) is 0 Å². The minimum atomic E-state index is 0.248. The second-order valence-electron chi connectivity index (χ2n) is 7.76. The third-order valence-corrected chi connectivity index (χ3v) is 5.26. The van der Waals surface area contributed by atoms with Gasteiger partial charge >= 0.3 is 0 Å². The lowest BCUT2D eigenvalue weighted by molar-refractivity contribution is 0.0459. The van der Waals surface area contributed by atoms with Gasteiger partial charge in [0.2, 0.25) is 0 Å². The van der Waals surface area contributed by atoms with Crippen molar-refractivity contribution in [1.29, 1.82) is 0 Å². The van der Waals surface area contributed by atoms with Crippen LogP contribution in [0.4, 0.5) is 5.69 Å². The summed E-state index contributed by atoms with van der Waals surface area (Å²) >= 11 is 0. The monoisotopic (exact) mass is 272 g/mol. The fraction of sp³-hybridized carbons (Fsp3) is 0.667. The molecule has 2 heterocycles. The minimum absolute atomic E-state index is 0.248. The van der Waals surface area contributed by atoms with E-state index < -0.39 is 0 Å². The number of piperidine rings is 1. The lowest BCUT2D eigenvalue weighted by atomic mass is 9.79. The molecule has 2 aliphatic rings. The summed E-state index contributed by atoms with van der Waals surface area (Å²) < 4.78 is 0. The highest BCUT2D eigenvalue weighted by molar-refractivity contribution is 5.52. The van der Waals surface area contributed by atoms with Crippen molar-refractivity contribution in [2.75, 3.05) is 31.6 Å². The van der Waals surface area contributed by atoms with Gasteiger partial charge in [0.25, 0.3) is 0 Å². The Hall–Kier alpha value is -1.02. The van der Waals surface area contributed by atoms with E-state index in [0.717, 1.165) is 0 Å². The van der Waals surface area contributed by atoms with Gasteiger partial charge in [-0.25, -0.2) is 0 Å². The molecule has 2 aliphatic heterocycles. The van der Waals surface area contributed by atoms with E-state index >= 15 is 0 Å². The summed E-state index contributed by atoms with van der Waals surface area (Å²) in [5.41, 5.74) is 3.54. The Kier molecular flexibility index (Phi) is 3.32. The van der Waals surface area contributed by atoms with Gasteiger partial charge in [0.05, 0.1) is 5.54 Å². The summed E-state index contributed by atoms with van der Waals surface area (Å²) in [6.45, 7) is 10.5. The number of benzene rings is 1. The Bertz CT molecular complexity index is 463. The summed E-state index contributed by atoms with van der Waals surface area (Å²) in [6, 6.07) is 9.20. The van der Waals surface area contributed by atoms with Crippen molar-refractivity contribution in [1.82, 2.24) is 4.90 Å². The predicted molar refractivity (Wildman–Crippen MR) is 86.6 cm³/mol. The Labute approximate surface area is 123 Å². The van der Waals surface area contributed by atoms with Crippen LogP contribution in [0.5, 0.6) is 0 Å². The van der Waals surface area contributed by atoms with E-state index in [1.54, 1.807) is 0 Å². The first-order chi connectivity index (χ1) is 9.41. The molecule has 0 unspecified atom stereocenters. The maximum Gasteiger partial charge on any atom is 0.0557 e. The van der Waals surface area contributed by atoms with E-state index in [0.29, 0.717) is 5.54 Å². The number of rotatable bonds is 1. The first kappa shape index (κ1) is 13.9. The van der Waals surface area contributed by atoms with Gasteiger partial charge in [-0.1, -0.05) is 39.3 Å². The number of hydrogen-bond acceptors (Lipinski definition) is 2. The van der Waals surface area contributed by atoms with Crippen LogP contribution in [0.15, 0.2) is 24.3 Å². The van der Waals surface area contributed by atoms with Crippen LogP contribution >= 0.6 is 0 Å². The average molecular weight is 272 g/mol. The molecular formula is C18H28N2. The first-order valence-electron chi connectivity index (χ1n) is 7.98. The van der Waals surface area contributed by atoms with Gasteiger partial charge in [0.1, 0.15) is 0 Å². The van der Waals surface area contributed by atoms with Crippen LogP contribution in [0, 0.1) is 0 Å². The molecule has 0 amide bonds. The van der Waals surface area contributed by atoms with Crippen LogP contribution < -0.4 is 4.90 Å². The minimum Gasteiger partial charge on any atom is -0.368 e. The van der Waals surface area contributed by atoms with Gasteiger partial charge < -0.3 is 4.90 Å². The van der Waals surface area contributed by atoms with Crippen LogP contribution in [-0.4, -0.2) is 37.1 Å². The zero-order valence-electron chi connectivity index (χ0n) is 13.4. The topological polar surface area (TPSA) is 6.48 Å². The maximum atomic E-state index is 2.59. The standard InChI is InChI=1S/C18H28N2/c1-17(2,3)15-7-9-16(10-8-15)20-13-18(14-20)11-5-6-12-19(18)4/h7-10H,5-6,11-14H2,1-4H3. The molecule has 1 aromatic rings. The van der Waals surface area contributed by atoms with Crippen LogP contribution in [0.25, 0.3) is 0 Å². The van der Waals surface area contributed by atoms with Gasteiger partial charge in [0.15, 0.2) is 0 Å². The zero-order valence-corrected chi connectivity index (χ0v) is 13.4. The Morgan fingerprint density at radius 2 is 1.65 bits per heavy atom. The van der Waals surface area contributed by atoms with Gasteiger partial charge in [0, 0.05) is 18.8 Å². The number of anilines is 1. The number of hydrogen-bond donors (Lipinski definition) is 0. The number of nitrogens with zero attached hydrogens (tertiary/aromatic N) is 2. The van der Waals surface area contributed by atoms with E-state index in [2.05, 4.69) is 61.9 Å². The fourth-order valence-corrected chi connectivity index (χ4v) is 3.65. The molecule has 2 saturated heterocycles. The zero-order chi connectivity index (χ0) is 14.4. The van der Waals surface area contributed by atoms with Gasteiger partial charge in [-0.05, 0) is 49.5 Å². The molecule has 0 bridgehead atoms. The molecule has 20 heavy (non-hydrogen) atoms. The number of likely N-dealkylation sites (tertiary alicyclic amines) is 1. The fourth-order valence-electron chi connectivity index (χ4n) is 3.65. The summed E-state index contributed by atoms with van der Waals surface area (Å²) in [7, 11) is 2.30. The quantitative estimate of drug-likeness (QED) is 0.770. The van der Waals surface area contributed by atoms with Gasteiger partial charge in [-0.2, -0.15) is 0 Å². The largest absolute Gasteiger partial charge is 0.368 e. The van der Waals surface area contributed by atoms with E-state index in [4.69, 9.17) is 0 Å². The third-order valence-electron chi connectivity index (χ3n) is 5.26. The highest BCUT2D eigenvalue weighted by Gasteiger charge is 2.46. The lowest BCUT2D eigenvalue weighted by Gasteiger charge is -2.58. The molecule has 2 fully saturated rings. The smallest absolute Gasteiger partial charge is 0.0557 e. The number of likely N-dealkylation sites (N-methyl/N-ethyl adjacent to an activating group) is 1. The van der Waals surface area contributed by atoms with Crippen molar-refractivity contribution in [2.24, 2.45) is 0 Å². The second-order valence-corrected chi connectivity index (χ2v) is 7.76. The molecule has 2 nitrogen and oxygen atoms in total. The Morgan fingerprint density at radius 1 is 1.00 bits per heavy atom. The summed E-state index contributed by atoms with van der Waals surface area (Å²) in [5, 5.41) is 0. The highest BCUT2D eigenvalue weighted by atomic mass is 15.3. The van der Waals surface area contributed by atoms with Crippen molar-refractivity contribution in [2.45, 2.75) is 51.0 Å². The molecule has 0 atom stereocenters. The predicted octanol–water partition coefficient (Wildman–Crippen LogP) is 3.66. The van der Waals surface area contributed by atoms with Crippen LogP contribution in [0.2, 0.25) is 0 Å². The van der Waals surface area contributed by atoms with Crippen LogP contribution in [0.1, 0.15) is 45.6 Å². The van der Waals surface area contributed by atoms with Crippen LogP contribution in [0.3, 0.4) is 0 Å². The van der Waals surface area contributed by atoms with Crippen LogP contribution in [-0.2, 0) is 5.41 Å². The molecule has 1 spiro atoms. The molecular weight excluding hydrogens is 244 g/mol. The lowest BCUT2D eigenvalue weighted by Crippen LogP contribution is -2.70. The van der Waals surface area contributed by atoms with Gasteiger partial charge in [-0.3, -0.25) is 4.90 Å². The Balaban J connectivity index is 1.68. The maximum absolute atomic E-state index is 2.59. The molecule has 0 aliphatic carbocycles. The molecule has 0 aromatic heterocycles. The highest BCUT2D eigenvalue weighted by Crippen LogP contribution is 2.38. The molecule has 3 rings (SSSR count). The second kappa shape index (κ2) is 4.77. The van der Waals surface area contributed by atoms with Gasteiger partial charge in [-0.15, -0.1) is 0 Å². The van der Waals surface area contributed by atoms with E-state index in [-0.39, 0.29) is 5.41 Å². The van der Waals surface area contributed by atoms with Crippen molar-refractivity contribution in [3.63, 3.8) is 0 Å². The molecule has 0 saturated carbocycles. The molecule has 110 valence electrons. The Morgan fingerprint density at radius 3 is 2.20 bits per heavy atom. The molecule has 1 aromatic carbocycles.